The Kier molecular flexibility index (Phi) is 11.6. The molecule has 0 aromatic heterocycles. The molecule has 1 aliphatic carbocycles. The van der Waals surface area contributed by atoms with Gasteiger partial charge in [-0.05, 0) is 44.9 Å². The molecule has 120 valence electrons. The number of ether oxygens (including phenoxy) is 1. The van der Waals surface area contributed by atoms with Crippen molar-refractivity contribution in [3.05, 3.63) is 0 Å². The molecule has 5 heteroatoms. The lowest BCUT2D eigenvalue weighted by Gasteiger charge is -2.21. The van der Waals surface area contributed by atoms with E-state index >= 15 is 0 Å². The van der Waals surface area contributed by atoms with Crippen molar-refractivity contribution in [2.24, 2.45) is 16.8 Å². The van der Waals surface area contributed by atoms with Crippen LogP contribution in [0.4, 0.5) is 0 Å². The van der Waals surface area contributed by atoms with Crippen molar-refractivity contribution in [2.75, 3.05) is 26.2 Å². The Labute approximate surface area is 141 Å². The number of hydrogen-bond acceptors (Lipinski definition) is 2. The summed E-state index contributed by atoms with van der Waals surface area (Å²) in [5.41, 5.74) is 0. The van der Waals surface area contributed by atoms with Gasteiger partial charge in [-0.1, -0.05) is 13.8 Å². The van der Waals surface area contributed by atoms with Gasteiger partial charge in [0.15, 0.2) is 5.96 Å². The Morgan fingerprint density at radius 1 is 1.25 bits per heavy atom. The fourth-order valence-electron chi connectivity index (χ4n) is 2.02. The van der Waals surface area contributed by atoms with Gasteiger partial charge in [0.1, 0.15) is 0 Å². The van der Waals surface area contributed by atoms with E-state index < -0.39 is 0 Å². The molecule has 0 heterocycles. The largest absolute Gasteiger partial charge is 0.378 e. The van der Waals surface area contributed by atoms with Crippen LogP contribution in [0.2, 0.25) is 0 Å². The van der Waals surface area contributed by atoms with E-state index in [1.54, 1.807) is 0 Å². The van der Waals surface area contributed by atoms with E-state index in [-0.39, 0.29) is 24.0 Å². The van der Waals surface area contributed by atoms with Crippen LogP contribution in [0.1, 0.15) is 47.0 Å². The summed E-state index contributed by atoms with van der Waals surface area (Å²) in [5.74, 6) is 2.35. The van der Waals surface area contributed by atoms with Gasteiger partial charge in [0.2, 0.25) is 0 Å². The molecule has 1 saturated carbocycles. The van der Waals surface area contributed by atoms with Crippen LogP contribution in [0.25, 0.3) is 0 Å². The molecule has 2 N–H and O–H groups in total. The highest BCUT2D eigenvalue weighted by Crippen LogP contribution is 2.28. The zero-order chi connectivity index (χ0) is 14.1. The molecule has 4 nitrogen and oxygen atoms in total. The van der Waals surface area contributed by atoms with Gasteiger partial charge >= 0.3 is 0 Å². The second-order valence-corrected chi connectivity index (χ2v) is 5.62. The Bertz CT molecular complexity index is 268. The minimum atomic E-state index is 0. The summed E-state index contributed by atoms with van der Waals surface area (Å²) in [7, 11) is 0. The summed E-state index contributed by atoms with van der Waals surface area (Å²) in [6.07, 6.45) is 4.06. The quantitative estimate of drug-likeness (QED) is 0.357. The van der Waals surface area contributed by atoms with E-state index in [9.17, 15) is 0 Å². The average molecular weight is 397 g/mol. The Balaban J connectivity index is 0.00000361. The third-order valence-electron chi connectivity index (χ3n) is 3.39. The lowest BCUT2D eigenvalue weighted by Crippen LogP contribution is -2.39. The fourth-order valence-corrected chi connectivity index (χ4v) is 2.02. The first-order valence-electron chi connectivity index (χ1n) is 7.81. The number of halogens is 1. The van der Waals surface area contributed by atoms with E-state index in [0.717, 1.165) is 44.5 Å². The summed E-state index contributed by atoms with van der Waals surface area (Å²) < 4.78 is 5.75. The van der Waals surface area contributed by atoms with E-state index in [1.165, 1.54) is 12.8 Å². The topological polar surface area (TPSA) is 45.7 Å². The lowest BCUT2D eigenvalue weighted by molar-refractivity contribution is 0.0258. The van der Waals surface area contributed by atoms with Crippen LogP contribution in [0, 0.1) is 11.8 Å². The fraction of sp³-hybridized carbons (Fsp3) is 0.933. The van der Waals surface area contributed by atoms with Crippen molar-refractivity contribution >= 4 is 29.9 Å². The average Bonchev–Trinajstić information content (AvgIpc) is 3.18. The molecule has 0 radical (unpaired) electrons. The molecule has 1 rings (SSSR count). The van der Waals surface area contributed by atoms with E-state index in [4.69, 9.17) is 4.74 Å². The molecule has 0 amide bonds. The van der Waals surface area contributed by atoms with E-state index in [1.807, 2.05) is 0 Å². The minimum Gasteiger partial charge on any atom is -0.378 e. The van der Waals surface area contributed by atoms with Gasteiger partial charge in [-0.3, -0.25) is 4.99 Å². The molecule has 0 bridgehead atoms. The van der Waals surface area contributed by atoms with Crippen LogP contribution in [0.5, 0.6) is 0 Å². The van der Waals surface area contributed by atoms with Crippen LogP contribution >= 0.6 is 24.0 Å². The summed E-state index contributed by atoms with van der Waals surface area (Å²) in [5, 5.41) is 6.71. The third kappa shape index (κ3) is 9.00. The zero-order valence-corrected chi connectivity index (χ0v) is 15.8. The minimum absolute atomic E-state index is 0. The second kappa shape index (κ2) is 11.6. The summed E-state index contributed by atoms with van der Waals surface area (Å²) in [6, 6.07) is 0. The summed E-state index contributed by atoms with van der Waals surface area (Å²) in [4.78, 5) is 4.62. The van der Waals surface area contributed by atoms with Crippen LogP contribution < -0.4 is 10.6 Å². The van der Waals surface area contributed by atoms with Gasteiger partial charge < -0.3 is 15.4 Å². The molecule has 0 aromatic carbocycles. The first-order chi connectivity index (χ1) is 9.17. The predicted octanol–water partition coefficient (Wildman–Crippen LogP) is 3.02. The maximum atomic E-state index is 5.75. The van der Waals surface area contributed by atoms with Gasteiger partial charge in [-0.15, -0.1) is 24.0 Å². The standard InChI is InChI=1S/C15H31N3O.HI/c1-5-16-15(18-11-13-7-8-13)17-10-9-14(12(3)4)19-6-2;/h12-14H,5-11H2,1-4H3,(H2,16,17,18);1H. The van der Waals surface area contributed by atoms with Crippen molar-refractivity contribution < 1.29 is 4.74 Å². The normalized spacial score (nSPS) is 16.8. The highest BCUT2D eigenvalue weighted by molar-refractivity contribution is 14.0. The first-order valence-corrected chi connectivity index (χ1v) is 7.81. The van der Waals surface area contributed by atoms with Gasteiger partial charge in [0.05, 0.1) is 6.10 Å². The zero-order valence-electron chi connectivity index (χ0n) is 13.4. The molecule has 0 spiro atoms. The van der Waals surface area contributed by atoms with Crippen LogP contribution in [0.3, 0.4) is 0 Å². The molecule has 1 unspecified atom stereocenters. The smallest absolute Gasteiger partial charge is 0.191 e. The number of aliphatic imine (C=N–C) groups is 1. The molecule has 0 aromatic rings. The monoisotopic (exact) mass is 397 g/mol. The second-order valence-electron chi connectivity index (χ2n) is 5.62. The third-order valence-corrected chi connectivity index (χ3v) is 3.39. The number of guanidine groups is 1. The summed E-state index contributed by atoms with van der Waals surface area (Å²) >= 11 is 0. The van der Waals surface area contributed by atoms with Gasteiger partial charge in [-0.25, -0.2) is 0 Å². The number of hydrogen-bond donors (Lipinski definition) is 2. The maximum absolute atomic E-state index is 5.75. The molecule has 0 saturated heterocycles. The van der Waals surface area contributed by atoms with Crippen LogP contribution in [0.15, 0.2) is 4.99 Å². The van der Waals surface area contributed by atoms with Crippen molar-refractivity contribution in [1.29, 1.82) is 0 Å². The molecule has 1 atom stereocenters. The number of nitrogens with zero attached hydrogens (tertiary/aromatic N) is 1. The Morgan fingerprint density at radius 3 is 2.45 bits per heavy atom. The molecule has 1 aliphatic rings. The van der Waals surface area contributed by atoms with Gasteiger partial charge in [-0.2, -0.15) is 0 Å². The highest BCUT2D eigenvalue weighted by atomic mass is 127. The Morgan fingerprint density at radius 2 is 1.95 bits per heavy atom. The van der Waals surface area contributed by atoms with Gasteiger partial charge in [0.25, 0.3) is 0 Å². The van der Waals surface area contributed by atoms with E-state index in [2.05, 4.69) is 43.3 Å². The molecule has 1 fully saturated rings. The van der Waals surface area contributed by atoms with Crippen LogP contribution in [-0.4, -0.2) is 38.3 Å². The van der Waals surface area contributed by atoms with Gasteiger partial charge in [0, 0.05) is 26.2 Å². The van der Waals surface area contributed by atoms with Crippen molar-refractivity contribution in [3.8, 4) is 0 Å². The van der Waals surface area contributed by atoms with Crippen molar-refractivity contribution in [2.45, 2.75) is 53.1 Å². The first kappa shape index (κ1) is 20.0. The molecular weight excluding hydrogens is 365 g/mol. The van der Waals surface area contributed by atoms with Crippen LogP contribution in [-0.2, 0) is 4.74 Å². The number of rotatable bonds is 9. The predicted molar refractivity (Wildman–Crippen MR) is 97.0 cm³/mol. The molecular formula is C15H32IN3O. The SMILES string of the molecule is CCNC(=NCC1CC1)NCCC(OCC)C(C)C.I. The van der Waals surface area contributed by atoms with Crippen molar-refractivity contribution in [1.82, 2.24) is 10.6 Å². The van der Waals surface area contributed by atoms with E-state index in [0.29, 0.717) is 12.0 Å². The highest BCUT2D eigenvalue weighted by Gasteiger charge is 2.20. The Hall–Kier alpha value is -0.0400. The number of nitrogens with one attached hydrogen (secondary N) is 2. The molecule has 20 heavy (non-hydrogen) atoms. The maximum Gasteiger partial charge on any atom is 0.191 e. The molecule has 0 aliphatic heterocycles. The van der Waals surface area contributed by atoms with Crippen molar-refractivity contribution in [3.63, 3.8) is 0 Å². The lowest BCUT2D eigenvalue weighted by atomic mass is 10.0. The summed E-state index contributed by atoms with van der Waals surface area (Å²) in [6.45, 7) is 12.2.